The van der Waals surface area contributed by atoms with Gasteiger partial charge in [0.25, 0.3) is 14.4 Å². The first-order valence-electron chi connectivity index (χ1n) is 7.61. The van der Waals surface area contributed by atoms with Crippen LogP contribution in [0.25, 0.3) is 0 Å². The van der Waals surface area contributed by atoms with Gasteiger partial charge in [0.1, 0.15) is 6.04 Å². The number of rotatable bonds is 9. The van der Waals surface area contributed by atoms with Gasteiger partial charge in [-0.1, -0.05) is 25.2 Å². The van der Waals surface area contributed by atoms with Gasteiger partial charge in [-0.3, -0.25) is 14.4 Å². The largest absolute Gasteiger partial charge is 0.480 e. The number of hydrogen-bond acceptors (Lipinski definition) is 9. The second-order valence-electron chi connectivity index (χ2n) is 5.71. The molecule has 0 fully saturated rings. The van der Waals surface area contributed by atoms with Gasteiger partial charge >= 0.3 is 5.97 Å². The summed E-state index contributed by atoms with van der Waals surface area (Å²) in [6, 6.07) is -1.11. The van der Waals surface area contributed by atoms with E-state index >= 15 is 0 Å². The van der Waals surface area contributed by atoms with E-state index in [9.17, 15) is 27.6 Å². The van der Waals surface area contributed by atoms with E-state index in [1.807, 2.05) is 0 Å². The van der Waals surface area contributed by atoms with E-state index in [0.29, 0.717) is 11.3 Å². The first-order chi connectivity index (χ1) is 12.4. The van der Waals surface area contributed by atoms with Crippen molar-refractivity contribution in [2.45, 2.75) is 44.0 Å². The molecule has 1 aromatic rings. The predicted molar refractivity (Wildman–Crippen MR) is 93.2 cm³/mol. The number of carbonyl (C=O) groups excluding carboxylic acids is 3. The van der Waals surface area contributed by atoms with Gasteiger partial charge in [0.2, 0.25) is 22.9 Å². The van der Waals surface area contributed by atoms with E-state index in [1.54, 1.807) is 18.6 Å². The number of nitrogens with zero attached hydrogens (tertiary/aromatic N) is 2. The fourth-order valence-electron chi connectivity index (χ4n) is 1.75. The normalized spacial score (nSPS) is 12.3. The number of nitrogens with one attached hydrogen (secondary N) is 3. The lowest BCUT2D eigenvalue weighted by atomic mass is 10.0. The van der Waals surface area contributed by atoms with Crippen LogP contribution in [0.15, 0.2) is 4.34 Å². The highest BCUT2D eigenvalue weighted by molar-refractivity contribution is 7.92. The number of hydrogen-bond donors (Lipinski definition) is 4. The number of sulfonamides is 1. The molecule has 1 heterocycles. The maximum Gasteiger partial charge on any atom is 0.326 e. The Labute approximate surface area is 158 Å². The van der Waals surface area contributed by atoms with Crippen molar-refractivity contribution in [3.05, 3.63) is 0 Å². The molecule has 1 atom stereocenters. The van der Waals surface area contributed by atoms with Gasteiger partial charge in [0, 0.05) is 19.8 Å². The molecule has 0 aliphatic heterocycles. The van der Waals surface area contributed by atoms with Crippen LogP contribution in [0, 0.1) is 5.92 Å². The Balaban J connectivity index is 2.60. The van der Waals surface area contributed by atoms with E-state index < -0.39 is 56.9 Å². The van der Waals surface area contributed by atoms with Gasteiger partial charge in [-0.2, -0.15) is 8.42 Å². The highest BCUT2D eigenvalue weighted by Gasteiger charge is 2.25. The van der Waals surface area contributed by atoms with Crippen LogP contribution in [0.4, 0.5) is 5.13 Å². The SMILES string of the molecule is CC(=O)Nc1nnc(S(=O)(=O)NC(=O)CCC(=O)NC(C(=O)O)C(C)C)s1. The molecule has 0 spiro atoms. The van der Waals surface area contributed by atoms with Crippen molar-refractivity contribution < 1.29 is 32.7 Å². The number of aromatic nitrogens is 2. The minimum absolute atomic E-state index is 0.0527. The van der Waals surface area contributed by atoms with E-state index in [2.05, 4.69) is 20.8 Å². The van der Waals surface area contributed by atoms with Crippen molar-refractivity contribution in [3.8, 4) is 0 Å². The van der Waals surface area contributed by atoms with Crippen LogP contribution in [0.3, 0.4) is 0 Å². The first kappa shape index (κ1) is 22.4. The molecule has 150 valence electrons. The summed E-state index contributed by atoms with van der Waals surface area (Å²) in [5.41, 5.74) is 0. The van der Waals surface area contributed by atoms with Crippen LogP contribution in [0.5, 0.6) is 0 Å². The molecular formula is C13H19N5O7S2. The molecule has 0 aliphatic rings. The van der Waals surface area contributed by atoms with Crippen LogP contribution in [-0.2, 0) is 29.2 Å². The molecule has 14 heteroatoms. The molecule has 1 unspecified atom stereocenters. The molecule has 27 heavy (non-hydrogen) atoms. The van der Waals surface area contributed by atoms with Gasteiger partial charge in [0.05, 0.1) is 0 Å². The standard InChI is InChI=1S/C13H19N5O7S2/c1-6(2)10(11(22)23)15-8(20)4-5-9(21)18-27(24,25)13-17-16-12(26-13)14-7(3)19/h6,10H,4-5H2,1-3H3,(H,15,20)(H,18,21)(H,22,23)(H,14,16,19). The van der Waals surface area contributed by atoms with Crippen LogP contribution in [0.1, 0.15) is 33.6 Å². The average Bonchev–Trinajstić information content (AvgIpc) is 2.98. The summed E-state index contributed by atoms with van der Waals surface area (Å²) in [4.78, 5) is 45.4. The lowest BCUT2D eigenvalue weighted by molar-refractivity contribution is -0.143. The summed E-state index contributed by atoms with van der Waals surface area (Å²) in [7, 11) is -4.30. The predicted octanol–water partition coefficient (Wildman–Crippen LogP) is -0.693. The molecule has 1 rings (SSSR count). The van der Waals surface area contributed by atoms with Gasteiger partial charge in [0.15, 0.2) is 0 Å². The van der Waals surface area contributed by atoms with Crippen molar-refractivity contribution in [1.82, 2.24) is 20.2 Å². The fraction of sp³-hybridized carbons (Fsp3) is 0.538. The Morgan fingerprint density at radius 2 is 1.70 bits per heavy atom. The zero-order valence-corrected chi connectivity index (χ0v) is 16.3. The van der Waals surface area contributed by atoms with Gasteiger partial charge in [-0.15, -0.1) is 10.2 Å². The molecule has 0 saturated heterocycles. The lowest BCUT2D eigenvalue weighted by Gasteiger charge is -2.17. The molecule has 0 bridgehead atoms. The van der Waals surface area contributed by atoms with Crippen LogP contribution in [-0.4, -0.2) is 53.5 Å². The molecule has 4 N–H and O–H groups in total. The number of carboxylic acids is 1. The van der Waals surface area contributed by atoms with Gasteiger partial charge < -0.3 is 15.7 Å². The zero-order valence-electron chi connectivity index (χ0n) is 14.7. The third-order valence-electron chi connectivity index (χ3n) is 3.00. The Kier molecular flexibility index (Phi) is 7.78. The maximum absolute atomic E-state index is 12.0. The number of aliphatic carboxylic acids is 1. The minimum Gasteiger partial charge on any atom is -0.480 e. The van der Waals surface area contributed by atoms with E-state index in [-0.39, 0.29) is 11.0 Å². The summed E-state index contributed by atoms with van der Waals surface area (Å²) >= 11 is 0.548. The van der Waals surface area contributed by atoms with E-state index in [4.69, 9.17) is 5.11 Å². The Bertz CT molecular complexity index is 834. The zero-order chi connectivity index (χ0) is 20.8. The quantitative estimate of drug-likeness (QED) is 0.374. The monoisotopic (exact) mass is 421 g/mol. The molecule has 0 aromatic carbocycles. The van der Waals surface area contributed by atoms with Crippen molar-refractivity contribution in [1.29, 1.82) is 0 Å². The number of anilines is 1. The topological polar surface area (TPSA) is 185 Å². The van der Waals surface area contributed by atoms with E-state index in [1.165, 1.54) is 6.92 Å². The Hall–Kier alpha value is -2.61. The number of amides is 3. The lowest BCUT2D eigenvalue weighted by Crippen LogP contribution is -2.44. The average molecular weight is 421 g/mol. The number of carboxylic acid groups (broad SMARTS) is 1. The van der Waals surface area contributed by atoms with Gasteiger partial charge in [-0.25, -0.2) is 9.52 Å². The molecule has 0 aliphatic carbocycles. The van der Waals surface area contributed by atoms with Crippen LogP contribution < -0.4 is 15.4 Å². The van der Waals surface area contributed by atoms with Crippen LogP contribution >= 0.6 is 11.3 Å². The second-order valence-corrected chi connectivity index (χ2v) is 8.54. The molecule has 0 saturated carbocycles. The van der Waals surface area contributed by atoms with Gasteiger partial charge in [-0.05, 0) is 5.92 Å². The second kappa shape index (κ2) is 9.36. The summed E-state index contributed by atoms with van der Waals surface area (Å²) in [6.45, 7) is 4.42. The molecule has 12 nitrogen and oxygen atoms in total. The van der Waals surface area contributed by atoms with Crippen molar-refractivity contribution in [2.75, 3.05) is 5.32 Å². The highest BCUT2D eigenvalue weighted by Crippen LogP contribution is 2.19. The highest BCUT2D eigenvalue weighted by atomic mass is 32.2. The fourth-order valence-corrected chi connectivity index (χ4v) is 3.71. The minimum atomic E-state index is -4.30. The van der Waals surface area contributed by atoms with Crippen molar-refractivity contribution in [3.63, 3.8) is 0 Å². The summed E-state index contributed by atoms with van der Waals surface area (Å²) in [5.74, 6) is -3.72. The smallest absolute Gasteiger partial charge is 0.326 e. The van der Waals surface area contributed by atoms with Crippen molar-refractivity contribution >= 4 is 50.2 Å². The summed E-state index contributed by atoms with van der Waals surface area (Å²) in [6.07, 6.45) is -0.877. The summed E-state index contributed by atoms with van der Waals surface area (Å²) < 4.78 is 25.2. The van der Waals surface area contributed by atoms with E-state index in [0.717, 1.165) is 0 Å². The number of carbonyl (C=O) groups is 4. The third-order valence-corrected chi connectivity index (χ3v) is 5.58. The molecule has 0 radical (unpaired) electrons. The molecular weight excluding hydrogens is 402 g/mol. The Morgan fingerprint density at radius 3 is 2.22 bits per heavy atom. The molecule has 1 aromatic heterocycles. The third kappa shape index (κ3) is 7.26. The Morgan fingerprint density at radius 1 is 1.11 bits per heavy atom. The van der Waals surface area contributed by atoms with Crippen molar-refractivity contribution in [2.24, 2.45) is 5.92 Å². The maximum atomic E-state index is 12.0. The summed E-state index contributed by atoms with van der Waals surface area (Å²) in [5, 5.41) is 20.3. The molecule has 3 amide bonds. The van der Waals surface area contributed by atoms with Crippen LogP contribution in [0.2, 0.25) is 0 Å². The first-order valence-corrected chi connectivity index (χ1v) is 9.91.